The van der Waals surface area contributed by atoms with Crippen LogP contribution in [0, 0.1) is 10.1 Å². The van der Waals surface area contributed by atoms with E-state index in [4.69, 9.17) is 11.6 Å². The molecule has 1 heterocycles. The van der Waals surface area contributed by atoms with Gasteiger partial charge in [-0.25, -0.2) is 5.01 Å². The van der Waals surface area contributed by atoms with Crippen molar-refractivity contribution in [2.45, 2.75) is 9.79 Å². The fourth-order valence-corrected chi connectivity index (χ4v) is 3.99. The Hall–Kier alpha value is -3.62. The molecule has 0 atom stereocenters. The number of anilines is 1. The first-order valence-corrected chi connectivity index (χ1v) is 10.3. The predicted molar refractivity (Wildman–Crippen MR) is 119 cm³/mol. The van der Waals surface area contributed by atoms with Crippen LogP contribution >= 0.6 is 23.4 Å². The van der Waals surface area contributed by atoms with Crippen LogP contribution in [0.5, 0.6) is 0 Å². The Kier molecular flexibility index (Phi) is 5.75. The van der Waals surface area contributed by atoms with Crippen molar-refractivity contribution in [3.05, 3.63) is 99.1 Å². The number of carbonyl (C=O) groups is 2. The van der Waals surface area contributed by atoms with E-state index in [0.717, 1.165) is 9.90 Å². The monoisotopic (exact) mass is 451 g/mol. The molecule has 0 unspecified atom stereocenters. The summed E-state index contributed by atoms with van der Waals surface area (Å²) in [6.07, 6.45) is 1.35. The van der Waals surface area contributed by atoms with Crippen molar-refractivity contribution in [1.82, 2.24) is 5.43 Å². The molecular formula is C22H14ClN3O4S. The highest BCUT2D eigenvalue weighted by Crippen LogP contribution is 2.36. The van der Waals surface area contributed by atoms with Gasteiger partial charge in [0.1, 0.15) is 5.57 Å². The van der Waals surface area contributed by atoms with Gasteiger partial charge < -0.3 is 0 Å². The lowest BCUT2D eigenvalue weighted by molar-refractivity contribution is -0.387. The molecule has 9 heteroatoms. The van der Waals surface area contributed by atoms with Gasteiger partial charge in [-0.2, -0.15) is 0 Å². The number of hydrazine groups is 1. The molecular weight excluding hydrogens is 438 g/mol. The third kappa shape index (κ3) is 4.45. The molecule has 154 valence electrons. The summed E-state index contributed by atoms with van der Waals surface area (Å²) in [5.74, 6) is -1.10. The van der Waals surface area contributed by atoms with E-state index in [1.807, 2.05) is 0 Å². The van der Waals surface area contributed by atoms with E-state index < -0.39 is 16.7 Å². The molecule has 3 aromatic carbocycles. The molecule has 1 saturated heterocycles. The summed E-state index contributed by atoms with van der Waals surface area (Å²) >= 11 is 7.11. The standard InChI is InChI=1S/C22H14ClN3O4S/c23-15-7-9-17(10-8-15)31-20-11-6-14(13-19(20)26(29)30)12-18-21(27)24-25(22(18)28)16-4-2-1-3-5-16/h1-13H,(H,24,27). The molecule has 0 bridgehead atoms. The fraction of sp³-hybridized carbons (Fsp3) is 0. The Bertz CT molecular complexity index is 1210. The smallest absolute Gasteiger partial charge is 0.267 e. The number of nitrogens with one attached hydrogen (secondary N) is 1. The van der Waals surface area contributed by atoms with Crippen molar-refractivity contribution in [2.75, 3.05) is 5.01 Å². The van der Waals surface area contributed by atoms with Crippen molar-refractivity contribution in [1.29, 1.82) is 0 Å². The molecule has 0 aliphatic carbocycles. The second-order valence-corrected chi connectivity index (χ2v) is 8.07. The highest BCUT2D eigenvalue weighted by molar-refractivity contribution is 7.99. The lowest BCUT2D eigenvalue weighted by atomic mass is 10.1. The van der Waals surface area contributed by atoms with Gasteiger partial charge in [-0.15, -0.1) is 0 Å². The minimum atomic E-state index is -0.573. The van der Waals surface area contributed by atoms with Crippen molar-refractivity contribution >= 4 is 52.6 Å². The largest absolute Gasteiger partial charge is 0.283 e. The zero-order valence-corrected chi connectivity index (χ0v) is 17.4. The van der Waals surface area contributed by atoms with E-state index in [9.17, 15) is 19.7 Å². The van der Waals surface area contributed by atoms with Crippen LogP contribution in [0.1, 0.15) is 5.56 Å². The van der Waals surface area contributed by atoms with Crippen LogP contribution in [0.25, 0.3) is 6.08 Å². The van der Waals surface area contributed by atoms with Gasteiger partial charge >= 0.3 is 0 Å². The third-order valence-corrected chi connectivity index (χ3v) is 5.76. The second kappa shape index (κ2) is 8.63. The molecule has 2 amide bonds. The maximum atomic E-state index is 12.7. The van der Waals surface area contributed by atoms with Crippen LogP contribution in [0.4, 0.5) is 11.4 Å². The summed E-state index contributed by atoms with van der Waals surface area (Å²) in [7, 11) is 0. The maximum Gasteiger partial charge on any atom is 0.283 e. The average molecular weight is 452 g/mol. The topological polar surface area (TPSA) is 92.6 Å². The minimum absolute atomic E-state index is 0.101. The average Bonchev–Trinajstić information content (AvgIpc) is 3.05. The number of halogens is 1. The SMILES string of the molecule is O=C1NN(c2ccccc2)C(=O)C1=Cc1ccc(Sc2ccc(Cl)cc2)c([N+](=O)[O-])c1. The summed E-state index contributed by atoms with van der Waals surface area (Å²) in [5.41, 5.74) is 3.17. The van der Waals surface area contributed by atoms with Crippen LogP contribution in [-0.2, 0) is 9.59 Å². The quantitative estimate of drug-likeness (QED) is 0.259. The molecule has 0 spiro atoms. The molecule has 4 rings (SSSR count). The number of amides is 2. The molecule has 1 aliphatic heterocycles. The lowest BCUT2D eigenvalue weighted by Gasteiger charge is -2.13. The molecule has 7 nitrogen and oxygen atoms in total. The minimum Gasteiger partial charge on any atom is -0.267 e. The molecule has 3 aromatic rings. The van der Waals surface area contributed by atoms with Crippen LogP contribution in [0.3, 0.4) is 0 Å². The van der Waals surface area contributed by atoms with E-state index >= 15 is 0 Å². The highest BCUT2D eigenvalue weighted by Gasteiger charge is 2.34. The number of nitro benzene ring substituents is 1. The normalized spacial score (nSPS) is 14.7. The summed E-state index contributed by atoms with van der Waals surface area (Å²) in [4.78, 5) is 37.4. The summed E-state index contributed by atoms with van der Waals surface area (Å²) in [5, 5.41) is 13.3. The predicted octanol–water partition coefficient (Wildman–Crippen LogP) is 4.86. The Morgan fingerprint density at radius 2 is 1.71 bits per heavy atom. The fourth-order valence-electron chi connectivity index (χ4n) is 2.97. The van der Waals surface area contributed by atoms with E-state index in [1.54, 1.807) is 66.7 Å². The van der Waals surface area contributed by atoms with Gasteiger partial charge in [-0.1, -0.05) is 47.6 Å². The number of nitrogens with zero attached hydrogens (tertiary/aromatic N) is 2. The first kappa shape index (κ1) is 20.6. The number of hydrogen-bond donors (Lipinski definition) is 1. The van der Waals surface area contributed by atoms with Crippen molar-refractivity contribution in [3.8, 4) is 0 Å². The number of benzene rings is 3. The zero-order chi connectivity index (χ0) is 22.0. The Balaban J connectivity index is 1.64. The Labute approximate surface area is 186 Å². The number of hydrogen-bond acceptors (Lipinski definition) is 5. The summed E-state index contributed by atoms with van der Waals surface area (Å²) in [6.45, 7) is 0. The van der Waals surface area contributed by atoms with Crippen LogP contribution in [0.2, 0.25) is 5.02 Å². The lowest BCUT2D eigenvalue weighted by Crippen LogP contribution is -2.35. The van der Waals surface area contributed by atoms with Gasteiger partial charge in [-0.3, -0.25) is 25.1 Å². The van der Waals surface area contributed by atoms with Crippen LogP contribution < -0.4 is 10.4 Å². The Morgan fingerprint density at radius 1 is 1.00 bits per heavy atom. The Morgan fingerprint density at radius 3 is 2.39 bits per heavy atom. The van der Waals surface area contributed by atoms with E-state index in [0.29, 0.717) is 21.2 Å². The van der Waals surface area contributed by atoms with Crippen molar-refractivity contribution in [3.63, 3.8) is 0 Å². The van der Waals surface area contributed by atoms with Crippen LogP contribution in [0.15, 0.2) is 88.2 Å². The van der Waals surface area contributed by atoms with Gasteiger partial charge in [0.2, 0.25) is 0 Å². The van der Waals surface area contributed by atoms with Crippen molar-refractivity contribution in [2.24, 2.45) is 0 Å². The number of para-hydroxylation sites is 1. The molecule has 0 aromatic heterocycles. The number of nitro groups is 1. The van der Waals surface area contributed by atoms with Gasteiger partial charge in [0.15, 0.2) is 0 Å². The zero-order valence-electron chi connectivity index (χ0n) is 15.8. The van der Waals surface area contributed by atoms with Gasteiger partial charge in [0.25, 0.3) is 17.5 Å². The number of rotatable bonds is 5. The second-order valence-electron chi connectivity index (χ2n) is 6.52. The molecule has 1 aliphatic rings. The van der Waals surface area contributed by atoms with Crippen LogP contribution in [-0.4, -0.2) is 16.7 Å². The molecule has 1 N–H and O–H groups in total. The van der Waals surface area contributed by atoms with Gasteiger partial charge in [0, 0.05) is 16.0 Å². The molecule has 31 heavy (non-hydrogen) atoms. The number of carbonyl (C=O) groups excluding carboxylic acids is 2. The van der Waals surface area contributed by atoms with E-state index in [-0.39, 0.29) is 11.3 Å². The third-order valence-electron chi connectivity index (χ3n) is 4.44. The highest BCUT2D eigenvalue weighted by atomic mass is 35.5. The molecule has 0 saturated carbocycles. The molecule has 0 radical (unpaired) electrons. The summed E-state index contributed by atoms with van der Waals surface area (Å²) < 4.78 is 0. The van der Waals surface area contributed by atoms with E-state index in [2.05, 4.69) is 5.43 Å². The first-order valence-electron chi connectivity index (χ1n) is 9.06. The molecule has 1 fully saturated rings. The van der Waals surface area contributed by atoms with Gasteiger partial charge in [0.05, 0.1) is 15.5 Å². The summed E-state index contributed by atoms with van der Waals surface area (Å²) in [6, 6.07) is 20.2. The maximum absolute atomic E-state index is 12.7. The van der Waals surface area contributed by atoms with E-state index in [1.165, 1.54) is 23.9 Å². The first-order chi connectivity index (χ1) is 14.9. The van der Waals surface area contributed by atoms with Crippen molar-refractivity contribution < 1.29 is 14.5 Å². The van der Waals surface area contributed by atoms with Gasteiger partial charge in [-0.05, 0) is 54.1 Å².